The molecule has 4 rings (SSSR count). The Bertz CT molecular complexity index is 1250. The van der Waals surface area contributed by atoms with Crippen molar-refractivity contribution in [2.24, 2.45) is 5.41 Å². The molecule has 2 heterocycles. The molecular formula is C28H34ClN5O4. The number of halogens is 1. The summed E-state index contributed by atoms with van der Waals surface area (Å²) in [6.45, 7) is 8.92. The standard InChI is InChI=1S/C28H34ClN5O4/c1-28(2,3)23(33-16-7-4-8-17-33)15-18-34(27(36)37)26-32-31-25(38-26)19-11-13-20(14-12-19)30-24(35)21-9-5-6-10-22(21)29/h5-6,9-14,23H,4,7-8,15-18H2,1-3H3,(H,30,35)(H,36,37). The summed E-state index contributed by atoms with van der Waals surface area (Å²) in [5.41, 5.74) is 1.55. The molecule has 0 spiro atoms. The molecule has 0 saturated carbocycles. The normalized spacial score (nSPS) is 15.2. The van der Waals surface area contributed by atoms with Gasteiger partial charge < -0.3 is 14.8 Å². The van der Waals surface area contributed by atoms with Crippen LogP contribution >= 0.6 is 11.6 Å². The number of amides is 2. The molecule has 1 aliphatic rings. The van der Waals surface area contributed by atoms with Gasteiger partial charge in [0.05, 0.1) is 10.6 Å². The highest BCUT2D eigenvalue weighted by Gasteiger charge is 2.33. The fourth-order valence-corrected chi connectivity index (χ4v) is 5.12. The van der Waals surface area contributed by atoms with Crippen molar-refractivity contribution in [1.29, 1.82) is 0 Å². The minimum Gasteiger partial charge on any atom is -0.465 e. The smallest absolute Gasteiger partial charge is 0.415 e. The van der Waals surface area contributed by atoms with E-state index in [9.17, 15) is 14.7 Å². The lowest BCUT2D eigenvalue weighted by Gasteiger charge is -2.42. The summed E-state index contributed by atoms with van der Waals surface area (Å²) >= 11 is 6.11. The number of hydrogen-bond donors (Lipinski definition) is 2. The molecule has 0 aliphatic carbocycles. The number of carbonyl (C=O) groups excluding carboxylic acids is 1. The van der Waals surface area contributed by atoms with Crippen molar-refractivity contribution in [2.75, 3.05) is 29.9 Å². The van der Waals surface area contributed by atoms with Gasteiger partial charge in [0.15, 0.2) is 0 Å². The second-order valence-electron chi connectivity index (χ2n) is 10.6. The molecule has 1 saturated heterocycles. The number of benzene rings is 2. The van der Waals surface area contributed by atoms with Gasteiger partial charge in [0, 0.05) is 23.8 Å². The third-order valence-corrected chi connectivity index (χ3v) is 7.17. The van der Waals surface area contributed by atoms with Gasteiger partial charge in [-0.1, -0.05) is 56.0 Å². The Morgan fingerprint density at radius 2 is 1.76 bits per heavy atom. The lowest BCUT2D eigenvalue weighted by molar-refractivity contribution is 0.0746. The average molecular weight is 540 g/mol. The van der Waals surface area contributed by atoms with Crippen LogP contribution in [0, 0.1) is 5.41 Å². The van der Waals surface area contributed by atoms with E-state index in [2.05, 4.69) is 41.2 Å². The number of aromatic nitrogens is 2. The first kappa shape index (κ1) is 27.6. The first-order valence-electron chi connectivity index (χ1n) is 12.9. The van der Waals surface area contributed by atoms with Gasteiger partial charge in [-0.25, -0.2) is 9.69 Å². The van der Waals surface area contributed by atoms with Gasteiger partial charge in [0.25, 0.3) is 5.91 Å². The van der Waals surface area contributed by atoms with Crippen molar-refractivity contribution in [3.8, 4) is 11.5 Å². The van der Waals surface area contributed by atoms with Gasteiger partial charge in [0.2, 0.25) is 5.89 Å². The van der Waals surface area contributed by atoms with Crippen LogP contribution in [0.1, 0.15) is 56.8 Å². The minimum atomic E-state index is -1.14. The molecule has 0 radical (unpaired) electrons. The zero-order valence-corrected chi connectivity index (χ0v) is 22.7. The molecule has 2 aromatic carbocycles. The lowest BCUT2D eigenvalue weighted by atomic mass is 9.82. The summed E-state index contributed by atoms with van der Waals surface area (Å²) in [4.78, 5) is 28.2. The monoisotopic (exact) mass is 539 g/mol. The SMILES string of the molecule is CC(C)(C)C(CCN(C(=O)O)c1nnc(-c2ccc(NC(=O)c3ccccc3Cl)cc2)o1)N1CCCCC1. The van der Waals surface area contributed by atoms with E-state index in [1.807, 2.05) is 0 Å². The van der Waals surface area contributed by atoms with Crippen LogP contribution in [0.15, 0.2) is 52.9 Å². The number of anilines is 2. The number of nitrogens with zero attached hydrogens (tertiary/aromatic N) is 4. The van der Waals surface area contributed by atoms with Crippen LogP contribution in [0.4, 0.5) is 16.5 Å². The van der Waals surface area contributed by atoms with Crippen molar-refractivity contribution >= 4 is 35.3 Å². The summed E-state index contributed by atoms with van der Waals surface area (Å²) in [6.07, 6.45) is 3.11. The summed E-state index contributed by atoms with van der Waals surface area (Å²) in [6, 6.07) is 13.8. The molecule has 9 nitrogen and oxygen atoms in total. The van der Waals surface area contributed by atoms with Crippen molar-refractivity contribution in [3.05, 3.63) is 59.1 Å². The Balaban J connectivity index is 1.43. The number of carboxylic acid groups (broad SMARTS) is 1. The second kappa shape index (κ2) is 12.0. The number of rotatable bonds is 8. The molecule has 2 N–H and O–H groups in total. The largest absolute Gasteiger partial charge is 0.465 e. The van der Waals surface area contributed by atoms with E-state index >= 15 is 0 Å². The van der Waals surface area contributed by atoms with E-state index < -0.39 is 6.09 Å². The predicted octanol–water partition coefficient (Wildman–Crippen LogP) is 6.42. The van der Waals surface area contributed by atoms with E-state index in [1.165, 1.54) is 19.3 Å². The van der Waals surface area contributed by atoms with Crippen molar-refractivity contribution in [1.82, 2.24) is 15.1 Å². The van der Waals surface area contributed by atoms with Crippen LogP contribution in [0.3, 0.4) is 0 Å². The van der Waals surface area contributed by atoms with Crippen LogP contribution < -0.4 is 10.2 Å². The van der Waals surface area contributed by atoms with Gasteiger partial charge in [0.1, 0.15) is 0 Å². The number of nitrogens with one attached hydrogen (secondary N) is 1. The van der Waals surface area contributed by atoms with E-state index in [0.29, 0.717) is 28.3 Å². The Labute approximate surface area is 227 Å². The van der Waals surface area contributed by atoms with Gasteiger partial charge in [-0.05, 0) is 74.2 Å². The van der Waals surface area contributed by atoms with E-state index in [1.54, 1.807) is 48.5 Å². The predicted molar refractivity (Wildman–Crippen MR) is 148 cm³/mol. The molecule has 2 amide bonds. The van der Waals surface area contributed by atoms with Gasteiger partial charge in [-0.2, -0.15) is 0 Å². The zero-order valence-electron chi connectivity index (χ0n) is 22.0. The summed E-state index contributed by atoms with van der Waals surface area (Å²) in [7, 11) is 0. The molecule has 202 valence electrons. The molecule has 1 unspecified atom stereocenters. The summed E-state index contributed by atoms with van der Waals surface area (Å²) in [5, 5.41) is 21.2. The average Bonchev–Trinajstić information content (AvgIpc) is 3.36. The highest BCUT2D eigenvalue weighted by molar-refractivity contribution is 6.34. The van der Waals surface area contributed by atoms with Gasteiger partial charge >= 0.3 is 12.1 Å². The first-order chi connectivity index (χ1) is 18.1. The molecule has 10 heteroatoms. The maximum absolute atomic E-state index is 12.5. The summed E-state index contributed by atoms with van der Waals surface area (Å²) in [5.74, 6) is -0.128. The third kappa shape index (κ3) is 6.71. The van der Waals surface area contributed by atoms with E-state index in [4.69, 9.17) is 16.0 Å². The zero-order chi connectivity index (χ0) is 27.3. The maximum Gasteiger partial charge on any atom is 0.415 e. The maximum atomic E-state index is 12.5. The fourth-order valence-electron chi connectivity index (χ4n) is 4.90. The molecule has 3 aromatic rings. The van der Waals surface area contributed by atoms with Crippen LogP contribution in [0.25, 0.3) is 11.5 Å². The van der Waals surface area contributed by atoms with Crippen LogP contribution in [0.5, 0.6) is 0 Å². The number of likely N-dealkylation sites (tertiary alicyclic amines) is 1. The summed E-state index contributed by atoms with van der Waals surface area (Å²) < 4.78 is 5.77. The molecule has 1 aliphatic heterocycles. The Kier molecular flexibility index (Phi) is 8.69. The first-order valence-corrected chi connectivity index (χ1v) is 13.3. The van der Waals surface area contributed by atoms with E-state index in [0.717, 1.165) is 18.0 Å². The van der Waals surface area contributed by atoms with E-state index in [-0.39, 0.29) is 35.8 Å². The van der Waals surface area contributed by atoms with Crippen molar-refractivity contribution in [2.45, 2.75) is 52.5 Å². The number of carbonyl (C=O) groups is 2. The van der Waals surface area contributed by atoms with Crippen LogP contribution in [0.2, 0.25) is 5.02 Å². The highest BCUT2D eigenvalue weighted by atomic mass is 35.5. The molecule has 1 atom stereocenters. The third-order valence-electron chi connectivity index (χ3n) is 6.84. The van der Waals surface area contributed by atoms with Crippen molar-refractivity contribution in [3.63, 3.8) is 0 Å². The molecule has 38 heavy (non-hydrogen) atoms. The second-order valence-corrected chi connectivity index (χ2v) is 11.0. The molecule has 1 fully saturated rings. The van der Waals surface area contributed by atoms with Crippen molar-refractivity contribution < 1.29 is 19.1 Å². The number of piperidine rings is 1. The highest BCUT2D eigenvalue weighted by Crippen LogP contribution is 2.31. The van der Waals surface area contributed by atoms with Gasteiger partial charge in [-0.3, -0.25) is 9.69 Å². The number of hydrogen-bond acceptors (Lipinski definition) is 6. The molecular weight excluding hydrogens is 506 g/mol. The quantitative estimate of drug-likeness (QED) is 0.340. The van der Waals surface area contributed by atoms with Gasteiger partial charge in [-0.15, -0.1) is 5.10 Å². The Morgan fingerprint density at radius 3 is 2.39 bits per heavy atom. The molecule has 1 aromatic heterocycles. The Morgan fingerprint density at radius 1 is 1.08 bits per heavy atom. The van der Waals surface area contributed by atoms with Crippen LogP contribution in [-0.4, -0.2) is 57.9 Å². The van der Waals surface area contributed by atoms with Crippen LogP contribution in [-0.2, 0) is 0 Å². The topological polar surface area (TPSA) is 112 Å². The molecule has 0 bridgehead atoms. The lowest BCUT2D eigenvalue weighted by Crippen LogP contribution is -2.48. The Hall–Kier alpha value is -3.43. The minimum absolute atomic E-state index is 0.00449. The fraction of sp³-hybridized carbons (Fsp3) is 0.429.